The molecule has 3 aromatic heterocycles. The first kappa shape index (κ1) is 23.3. The summed E-state index contributed by atoms with van der Waals surface area (Å²) in [5.74, 6) is 1.42. The second-order valence-electron chi connectivity index (χ2n) is 9.66. The summed E-state index contributed by atoms with van der Waals surface area (Å²) < 4.78 is 7.47. The van der Waals surface area contributed by atoms with Crippen LogP contribution in [0.25, 0.3) is 16.9 Å². The number of ether oxygens (including phenoxy) is 1. The summed E-state index contributed by atoms with van der Waals surface area (Å²) in [6.45, 7) is 9.41. The van der Waals surface area contributed by atoms with Crippen LogP contribution >= 0.6 is 0 Å². The molecule has 1 atom stereocenters. The molecule has 10 heteroatoms. The lowest BCUT2D eigenvalue weighted by atomic mass is 10.1. The summed E-state index contributed by atoms with van der Waals surface area (Å²) in [5.41, 5.74) is 1.64. The zero-order valence-corrected chi connectivity index (χ0v) is 20.5. The maximum Gasteiger partial charge on any atom is 0.410 e. The quantitative estimate of drug-likeness (QED) is 0.585. The van der Waals surface area contributed by atoms with Crippen LogP contribution in [0.2, 0.25) is 0 Å². The monoisotopic (exact) mass is 462 g/mol. The van der Waals surface area contributed by atoms with E-state index in [0.29, 0.717) is 36.7 Å². The van der Waals surface area contributed by atoms with Crippen molar-refractivity contribution in [2.24, 2.45) is 0 Å². The van der Waals surface area contributed by atoms with Gasteiger partial charge in [0.2, 0.25) is 0 Å². The molecule has 1 fully saturated rings. The van der Waals surface area contributed by atoms with Crippen LogP contribution in [0.15, 0.2) is 30.9 Å². The van der Waals surface area contributed by atoms with E-state index >= 15 is 0 Å². The van der Waals surface area contributed by atoms with E-state index in [1.807, 2.05) is 57.5 Å². The van der Waals surface area contributed by atoms with Crippen molar-refractivity contribution in [3.63, 3.8) is 0 Å². The highest BCUT2D eigenvalue weighted by molar-refractivity contribution is 6.00. The summed E-state index contributed by atoms with van der Waals surface area (Å²) in [6, 6.07) is 5.53. The van der Waals surface area contributed by atoms with Crippen LogP contribution in [0.3, 0.4) is 0 Å². The van der Waals surface area contributed by atoms with Gasteiger partial charge in [-0.05, 0) is 39.8 Å². The molecule has 0 saturated carbocycles. The Hall–Kier alpha value is -3.87. The second kappa shape index (κ2) is 8.82. The minimum absolute atomic E-state index is 0.0486. The van der Waals surface area contributed by atoms with Crippen molar-refractivity contribution >= 4 is 28.6 Å². The highest BCUT2D eigenvalue weighted by Gasteiger charge is 2.32. The van der Waals surface area contributed by atoms with Gasteiger partial charge in [0.15, 0.2) is 5.65 Å². The average Bonchev–Trinajstić information content (AvgIpc) is 3.18. The van der Waals surface area contributed by atoms with E-state index in [9.17, 15) is 10.1 Å². The van der Waals surface area contributed by atoms with Crippen molar-refractivity contribution in [2.75, 3.05) is 43.5 Å². The van der Waals surface area contributed by atoms with Crippen LogP contribution in [0, 0.1) is 11.3 Å². The molecule has 1 aliphatic rings. The van der Waals surface area contributed by atoms with Crippen molar-refractivity contribution in [3.8, 4) is 11.9 Å². The lowest BCUT2D eigenvalue weighted by Gasteiger charge is -2.40. The number of nitrogens with zero attached hydrogens (tertiary/aromatic N) is 8. The van der Waals surface area contributed by atoms with Gasteiger partial charge in [0, 0.05) is 52.2 Å². The van der Waals surface area contributed by atoms with Gasteiger partial charge in [0.25, 0.3) is 0 Å². The maximum atomic E-state index is 12.7. The first-order valence-corrected chi connectivity index (χ1v) is 11.2. The number of rotatable bonds is 3. The highest BCUT2D eigenvalue weighted by atomic mass is 16.6. The summed E-state index contributed by atoms with van der Waals surface area (Å²) in [6.07, 6.45) is 4.84. The van der Waals surface area contributed by atoms with E-state index in [1.165, 1.54) is 0 Å². The molecule has 178 valence electrons. The zero-order valence-electron chi connectivity index (χ0n) is 20.5. The highest BCUT2D eigenvalue weighted by Crippen LogP contribution is 2.36. The molecule has 4 heterocycles. The van der Waals surface area contributed by atoms with Crippen molar-refractivity contribution in [3.05, 3.63) is 36.4 Å². The molecule has 1 amide bonds. The summed E-state index contributed by atoms with van der Waals surface area (Å²) in [7, 11) is 3.94. The van der Waals surface area contributed by atoms with Gasteiger partial charge >= 0.3 is 6.09 Å². The first-order chi connectivity index (χ1) is 16.1. The molecule has 1 aliphatic heterocycles. The summed E-state index contributed by atoms with van der Waals surface area (Å²) in [4.78, 5) is 32.3. The molecule has 10 nitrogen and oxygen atoms in total. The number of carbonyl (C=O) groups excluding carboxylic acids is 1. The normalized spacial score (nSPS) is 16.4. The molecule has 1 saturated heterocycles. The van der Waals surface area contributed by atoms with Crippen LogP contribution < -0.4 is 9.80 Å². The smallest absolute Gasteiger partial charge is 0.410 e. The van der Waals surface area contributed by atoms with E-state index < -0.39 is 5.60 Å². The SMILES string of the molecule is C[C@@H]1CN(c2ncnc3c2c(N(C)C)cn3-c2cc(C#N)ccn2)CCN1C(=O)OC(C)(C)C. The third kappa shape index (κ3) is 4.46. The molecular weight excluding hydrogens is 432 g/mol. The van der Waals surface area contributed by atoms with Gasteiger partial charge < -0.3 is 19.4 Å². The second-order valence-corrected chi connectivity index (χ2v) is 9.66. The van der Waals surface area contributed by atoms with E-state index in [-0.39, 0.29) is 12.1 Å². The molecule has 3 aromatic rings. The van der Waals surface area contributed by atoms with Crippen LogP contribution in [-0.2, 0) is 4.74 Å². The number of pyridine rings is 1. The Bertz CT molecular complexity index is 1250. The van der Waals surface area contributed by atoms with Crippen molar-refractivity contribution in [2.45, 2.75) is 39.3 Å². The molecule has 0 N–H and O–H groups in total. The van der Waals surface area contributed by atoms with Crippen LogP contribution in [0.5, 0.6) is 0 Å². The van der Waals surface area contributed by atoms with Crippen molar-refractivity contribution in [1.29, 1.82) is 5.26 Å². The van der Waals surface area contributed by atoms with E-state index in [4.69, 9.17) is 4.74 Å². The van der Waals surface area contributed by atoms with Gasteiger partial charge in [-0.15, -0.1) is 0 Å². The Labute approximate surface area is 199 Å². The Morgan fingerprint density at radius 2 is 2.00 bits per heavy atom. The topological polar surface area (TPSA) is 103 Å². The number of amides is 1. The van der Waals surface area contributed by atoms with Crippen molar-refractivity contribution in [1.82, 2.24) is 24.4 Å². The Morgan fingerprint density at radius 3 is 2.65 bits per heavy atom. The fraction of sp³-hybridized carbons (Fsp3) is 0.458. The summed E-state index contributed by atoms with van der Waals surface area (Å²) in [5, 5.41) is 10.2. The fourth-order valence-electron chi connectivity index (χ4n) is 4.14. The number of carbonyl (C=O) groups is 1. The van der Waals surface area contributed by atoms with Gasteiger partial charge in [0.1, 0.15) is 23.6 Å². The first-order valence-electron chi connectivity index (χ1n) is 11.2. The number of hydrogen-bond acceptors (Lipinski definition) is 8. The molecule has 34 heavy (non-hydrogen) atoms. The molecule has 0 bridgehead atoms. The molecule has 4 rings (SSSR count). The average molecular weight is 463 g/mol. The number of piperazine rings is 1. The molecule has 0 aliphatic carbocycles. The number of aromatic nitrogens is 4. The largest absolute Gasteiger partial charge is 0.444 e. The van der Waals surface area contributed by atoms with Gasteiger partial charge in [-0.2, -0.15) is 5.26 Å². The van der Waals surface area contributed by atoms with E-state index in [1.54, 1.807) is 29.6 Å². The van der Waals surface area contributed by atoms with Crippen molar-refractivity contribution < 1.29 is 9.53 Å². The standard InChI is InChI=1S/C24H30N8O2/c1-16-13-30(9-10-31(16)23(33)34-24(2,3)4)21-20-18(29(5)6)14-32(22(20)28-15-27-21)19-11-17(12-25)7-8-26-19/h7-8,11,14-16H,9-10,13H2,1-6H3/t16-/m1/s1. The van der Waals surface area contributed by atoms with Gasteiger partial charge in [0.05, 0.1) is 22.7 Å². The van der Waals surface area contributed by atoms with Crippen LogP contribution in [0.1, 0.15) is 33.3 Å². The molecule has 0 aromatic carbocycles. The predicted molar refractivity (Wildman–Crippen MR) is 130 cm³/mol. The third-order valence-electron chi connectivity index (χ3n) is 5.70. The molecule has 0 spiro atoms. The van der Waals surface area contributed by atoms with Gasteiger partial charge in [-0.1, -0.05) is 0 Å². The Balaban J connectivity index is 1.71. The summed E-state index contributed by atoms with van der Waals surface area (Å²) >= 11 is 0. The van der Waals surface area contributed by atoms with Gasteiger partial charge in [-0.25, -0.2) is 19.7 Å². The number of fused-ring (bicyclic) bond motifs is 1. The Morgan fingerprint density at radius 1 is 1.24 bits per heavy atom. The number of hydrogen-bond donors (Lipinski definition) is 0. The lowest BCUT2D eigenvalue weighted by molar-refractivity contribution is 0.0159. The minimum Gasteiger partial charge on any atom is -0.444 e. The fourth-order valence-corrected chi connectivity index (χ4v) is 4.14. The van der Waals surface area contributed by atoms with Crippen LogP contribution in [-0.4, -0.2) is 75.9 Å². The van der Waals surface area contributed by atoms with E-state index in [0.717, 1.165) is 16.9 Å². The zero-order chi connectivity index (χ0) is 24.6. The number of nitriles is 1. The van der Waals surface area contributed by atoms with Gasteiger partial charge in [-0.3, -0.25) is 4.57 Å². The molecular formula is C24H30N8O2. The number of anilines is 2. The Kier molecular flexibility index (Phi) is 6.04. The van der Waals surface area contributed by atoms with Crippen LogP contribution in [0.4, 0.5) is 16.3 Å². The predicted octanol–water partition coefficient (Wildman–Crippen LogP) is 3.20. The lowest BCUT2D eigenvalue weighted by Crippen LogP contribution is -2.55. The maximum absolute atomic E-state index is 12.7. The molecule has 0 radical (unpaired) electrons. The van der Waals surface area contributed by atoms with E-state index in [2.05, 4.69) is 25.9 Å². The molecule has 0 unspecified atom stereocenters. The minimum atomic E-state index is -0.535. The third-order valence-corrected chi connectivity index (χ3v) is 5.70.